The van der Waals surface area contributed by atoms with Crippen molar-refractivity contribution in [3.63, 3.8) is 0 Å². The molecule has 1 nitrogen and oxygen atoms in total. The smallest absolute Gasteiger partial charge is 0.0695 e. The highest BCUT2D eigenvalue weighted by atomic mass is 32.1. The first-order chi connectivity index (χ1) is 4.00. The van der Waals surface area contributed by atoms with Crippen molar-refractivity contribution in [1.29, 1.82) is 0 Å². The molecule has 0 heterocycles. The zero-order chi connectivity index (χ0) is 7.86. The molecule has 0 aliphatic carbocycles. The maximum Gasteiger partial charge on any atom is 0.0695 e. The first kappa shape index (κ1) is 11.4. The lowest BCUT2D eigenvalue weighted by Crippen LogP contribution is -1.98. The van der Waals surface area contributed by atoms with E-state index < -0.39 is 0 Å². The molecule has 54 valence electrons. The minimum atomic E-state index is 0.500. The minimum absolute atomic E-state index is 0.500. The first-order valence-electron chi connectivity index (χ1n) is 2.86. The van der Waals surface area contributed by atoms with E-state index in [1.807, 2.05) is 6.92 Å². The van der Waals surface area contributed by atoms with Crippen LogP contribution in [0.4, 0.5) is 0 Å². The molecule has 0 saturated carbocycles. The van der Waals surface area contributed by atoms with Gasteiger partial charge in [-0.15, -0.1) is 0 Å². The van der Waals surface area contributed by atoms with Crippen molar-refractivity contribution in [3.05, 3.63) is 11.6 Å². The van der Waals surface area contributed by atoms with Crippen LogP contribution in [-0.2, 0) is 0 Å². The predicted molar refractivity (Wildman–Crippen MR) is 47.6 cm³/mol. The van der Waals surface area contributed by atoms with Gasteiger partial charge in [0.1, 0.15) is 0 Å². The molecule has 0 aliphatic heterocycles. The van der Waals surface area contributed by atoms with Crippen LogP contribution in [0.2, 0.25) is 0 Å². The Morgan fingerprint density at radius 2 is 1.44 bits per heavy atom. The van der Waals surface area contributed by atoms with Crippen molar-refractivity contribution in [2.45, 2.75) is 27.7 Å². The van der Waals surface area contributed by atoms with Crippen LogP contribution >= 0.6 is 12.2 Å². The molecule has 0 amide bonds. The van der Waals surface area contributed by atoms with Crippen molar-refractivity contribution < 1.29 is 0 Å². The third-order valence-electron chi connectivity index (χ3n) is 0.577. The molecule has 0 unspecified atom stereocenters. The third kappa shape index (κ3) is 91.0. The third-order valence-corrected chi connectivity index (χ3v) is 0.577. The van der Waals surface area contributed by atoms with Gasteiger partial charge in [0.25, 0.3) is 0 Å². The second kappa shape index (κ2) is 7.63. The highest BCUT2D eigenvalue weighted by Crippen LogP contribution is 1.82. The molecule has 9 heavy (non-hydrogen) atoms. The molecule has 0 saturated heterocycles. The monoisotopic (exact) mass is 145 g/mol. The predicted octanol–water partition coefficient (Wildman–Crippen LogP) is 2.26. The van der Waals surface area contributed by atoms with Gasteiger partial charge in [0.2, 0.25) is 0 Å². The average Bonchev–Trinajstić information content (AvgIpc) is 1.65. The van der Waals surface area contributed by atoms with Gasteiger partial charge in [-0.3, -0.25) is 0 Å². The van der Waals surface area contributed by atoms with Crippen LogP contribution in [-0.4, -0.2) is 4.99 Å². The average molecular weight is 145 g/mol. The molecule has 0 aromatic rings. The second-order valence-corrected chi connectivity index (χ2v) is 2.62. The molecule has 0 radical (unpaired) electrons. The Morgan fingerprint density at radius 1 is 1.33 bits per heavy atom. The van der Waals surface area contributed by atoms with Crippen LogP contribution in [0.15, 0.2) is 11.6 Å². The first-order valence-corrected chi connectivity index (χ1v) is 3.27. The van der Waals surface area contributed by atoms with E-state index in [9.17, 15) is 0 Å². The van der Waals surface area contributed by atoms with Crippen LogP contribution < -0.4 is 5.73 Å². The van der Waals surface area contributed by atoms with Gasteiger partial charge in [0, 0.05) is 0 Å². The van der Waals surface area contributed by atoms with Crippen LogP contribution in [0.5, 0.6) is 0 Å². The summed E-state index contributed by atoms with van der Waals surface area (Å²) in [5.74, 6) is 0. The van der Waals surface area contributed by atoms with Crippen LogP contribution in [0.3, 0.4) is 0 Å². The van der Waals surface area contributed by atoms with E-state index in [0.717, 1.165) is 0 Å². The van der Waals surface area contributed by atoms with Crippen molar-refractivity contribution in [2.75, 3.05) is 0 Å². The van der Waals surface area contributed by atoms with E-state index >= 15 is 0 Å². The van der Waals surface area contributed by atoms with Crippen LogP contribution in [0, 0.1) is 0 Å². The molecule has 0 rings (SSSR count). The molecular formula is C7H15NS. The van der Waals surface area contributed by atoms with Crippen LogP contribution in [0.1, 0.15) is 27.7 Å². The highest BCUT2D eigenvalue weighted by Gasteiger charge is 1.60. The van der Waals surface area contributed by atoms with E-state index in [2.05, 4.69) is 32.1 Å². The Labute approximate surface area is 62.9 Å². The van der Waals surface area contributed by atoms with Gasteiger partial charge in [-0.05, 0) is 27.7 Å². The zero-order valence-corrected chi connectivity index (χ0v) is 7.38. The Hall–Kier alpha value is -0.370. The second-order valence-electron chi connectivity index (χ2n) is 1.98. The Balaban J connectivity index is 0. The lowest BCUT2D eigenvalue weighted by atomic mass is 10.3. The van der Waals surface area contributed by atoms with Crippen molar-refractivity contribution in [3.8, 4) is 0 Å². The molecular weight excluding hydrogens is 130 g/mol. The fourth-order valence-electron chi connectivity index (χ4n) is 0. The summed E-state index contributed by atoms with van der Waals surface area (Å²) in [6, 6.07) is 0. The summed E-state index contributed by atoms with van der Waals surface area (Å²) < 4.78 is 0. The Morgan fingerprint density at radius 3 is 1.44 bits per heavy atom. The Kier molecular flexibility index (Phi) is 9.69. The Bertz CT molecular complexity index is 97.5. The topological polar surface area (TPSA) is 26.0 Å². The number of rotatable bonds is 0. The summed E-state index contributed by atoms with van der Waals surface area (Å²) in [6.45, 7) is 7.88. The summed E-state index contributed by atoms with van der Waals surface area (Å²) in [5.41, 5.74) is 6.22. The summed E-state index contributed by atoms with van der Waals surface area (Å²) >= 11 is 4.31. The largest absolute Gasteiger partial charge is 0.394 e. The number of allylic oxidation sites excluding steroid dienone is 2. The maximum absolute atomic E-state index is 4.84. The fourth-order valence-corrected chi connectivity index (χ4v) is 0. The summed E-state index contributed by atoms with van der Waals surface area (Å²) in [7, 11) is 0. The van der Waals surface area contributed by atoms with Gasteiger partial charge in [0.05, 0.1) is 4.99 Å². The van der Waals surface area contributed by atoms with Gasteiger partial charge in [-0.2, -0.15) is 0 Å². The molecule has 2 N–H and O–H groups in total. The van der Waals surface area contributed by atoms with Gasteiger partial charge >= 0.3 is 0 Å². The van der Waals surface area contributed by atoms with Crippen molar-refractivity contribution in [2.24, 2.45) is 5.73 Å². The van der Waals surface area contributed by atoms with E-state index in [-0.39, 0.29) is 0 Å². The maximum atomic E-state index is 4.84. The fraction of sp³-hybridized carbons (Fsp3) is 0.571. The van der Waals surface area contributed by atoms with E-state index in [0.29, 0.717) is 4.99 Å². The standard InChI is InChI=1S/C5H10.C2H5NS/c1-4-5(2)3;1-2(3)4/h4H,1-3H3;1H3,(H2,3,4). The summed E-state index contributed by atoms with van der Waals surface area (Å²) in [6.07, 6.45) is 2.08. The molecule has 0 aliphatic rings. The summed E-state index contributed by atoms with van der Waals surface area (Å²) in [4.78, 5) is 0.500. The molecule has 0 aromatic heterocycles. The quantitative estimate of drug-likeness (QED) is 0.418. The minimum Gasteiger partial charge on any atom is -0.394 e. The van der Waals surface area contributed by atoms with Crippen molar-refractivity contribution >= 4 is 17.2 Å². The van der Waals surface area contributed by atoms with Crippen LogP contribution in [0.25, 0.3) is 0 Å². The summed E-state index contributed by atoms with van der Waals surface area (Å²) in [5, 5.41) is 0. The number of hydrogen-bond donors (Lipinski definition) is 1. The lowest BCUT2D eigenvalue weighted by Gasteiger charge is -1.74. The molecule has 0 spiro atoms. The molecule has 0 fully saturated rings. The molecule has 2 heteroatoms. The SMILES string of the molecule is CC(N)=S.CC=C(C)C. The van der Waals surface area contributed by atoms with Gasteiger partial charge in [-0.1, -0.05) is 23.9 Å². The van der Waals surface area contributed by atoms with Gasteiger partial charge < -0.3 is 5.73 Å². The van der Waals surface area contributed by atoms with Gasteiger partial charge in [0.15, 0.2) is 0 Å². The van der Waals surface area contributed by atoms with Crippen molar-refractivity contribution in [1.82, 2.24) is 0 Å². The number of thiocarbonyl (C=S) groups is 1. The highest BCUT2D eigenvalue weighted by molar-refractivity contribution is 7.80. The van der Waals surface area contributed by atoms with E-state index in [4.69, 9.17) is 5.73 Å². The molecule has 0 aromatic carbocycles. The normalized spacial score (nSPS) is 6.67. The van der Waals surface area contributed by atoms with E-state index in [1.54, 1.807) is 6.92 Å². The lowest BCUT2D eigenvalue weighted by molar-refractivity contribution is 1.36. The molecule has 0 bridgehead atoms. The number of nitrogens with two attached hydrogens (primary N) is 1. The van der Waals surface area contributed by atoms with E-state index in [1.165, 1.54) is 5.57 Å². The van der Waals surface area contributed by atoms with Gasteiger partial charge in [-0.25, -0.2) is 0 Å². The molecule has 0 atom stereocenters. The number of hydrogen-bond acceptors (Lipinski definition) is 1. The zero-order valence-electron chi connectivity index (χ0n) is 6.56.